The van der Waals surface area contributed by atoms with E-state index in [0.29, 0.717) is 6.54 Å². The molecule has 0 saturated carbocycles. The molecule has 0 bridgehead atoms. The number of nitrogens with two attached hydrogens (primary N) is 1. The van der Waals surface area contributed by atoms with E-state index in [1.807, 2.05) is 4.68 Å². The van der Waals surface area contributed by atoms with Crippen LogP contribution in [-0.4, -0.2) is 21.3 Å². The topological polar surface area (TPSA) is 69.9 Å². The molecule has 5 nitrogen and oxygen atoms in total. The summed E-state index contributed by atoms with van der Waals surface area (Å²) in [7, 11) is 0. The largest absolute Gasteiger partial charge is 0.439 e. The Labute approximate surface area is 107 Å². The quantitative estimate of drug-likeness (QED) is 0.849. The van der Waals surface area contributed by atoms with Crippen LogP contribution in [0.5, 0.6) is 0 Å². The van der Waals surface area contributed by atoms with Crippen molar-refractivity contribution < 1.29 is 4.42 Å². The molecule has 0 radical (unpaired) electrons. The van der Waals surface area contributed by atoms with Gasteiger partial charge in [-0.1, -0.05) is 6.92 Å². The van der Waals surface area contributed by atoms with Crippen molar-refractivity contribution in [3.63, 3.8) is 0 Å². The standard InChI is InChI=1S/C13H20N4O/c1-3-10-8-11(17(4-2)16-10)12-9-15-13(18-12)6-5-7-14/h8-9H,3-7,14H2,1-2H3. The number of hydrogen-bond donors (Lipinski definition) is 1. The van der Waals surface area contributed by atoms with Crippen LogP contribution >= 0.6 is 0 Å². The molecule has 2 rings (SSSR count). The maximum absolute atomic E-state index is 5.74. The second-order valence-electron chi connectivity index (χ2n) is 4.20. The van der Waals surface area contributed by atoms with Gasteiger partial charge in [-0.25, -0.2) is 4.98 Å². The summed E-state index contributed by atoms with van der Waals surface area (Å²) in [6.45, 7) is 5.65. The van der Waals surface area contributed by atoms with Crippen molar-refractivity contribution in [2.24, 2.45) is 5.73 Å². The fraction of sp³-hybridized carbons (Fsp3) is 0.538. The zero-order chi connectivity index (χ0) is 13.0. The van der Waals surface area contributed by atoms with Crippen LogP contribution in [0.4, 0.5) is 0 Å². The molecule has 2 heterocycles. The van der Waals surface area contributed by atoms with E-state index in [0.717, 1.165) is 48.8 Å². The Morgan fingerprint density at radius 1 is 1.39 bits per heavy atom. The molecule has 0 aromatic carbocycles. The summed E-state index contributed by atoms with van der Waals surface area (Å²) in [6, 6.07) is 2.07. The fourth-order valence-corrected chi connectivity index (χ4v) is 1.88. The Bertz CT molecular complexity index is 501. The molecule has 18 heavy (non-hydrogen) atoms. The average Bonchev–Trinajstić information content (AvgIpc) is 3.02. The highest BCUT2D eigenvalue weighted by Gasteiger charge is 2.12. The van der Waals surface area contributed by atoms with E-state index in [2.05, 4.69) is 30.0 Å². The summed E-state index contributed by atoms with van der Waals surface area (Å²) >= 11 is 0. The van der Waals surface area contributed by atoms with Crippen molar-refractivity contribution in [3.8, 4) is 11.5 Å². The number of aryl methyl sites for hydroxylation is 3. The molecule has 0 spiro atoms. The number of oxazole rings is 1. The fourth-order valence-electron chi connectivity index (χ4n) is 1.88. The third kappa shape index (κ3) is 2.61. The third-order valence-corrected chi connectivity index (χ3v) is 2.89. The first kappa shape index (κ1) is 12.8. The summed E-state index contributed by atoms with van der Waals surface area (Å²) in [5, 5.41) is 4.50. The molecular formula is C13H20N4O. The van der Waals surface area contributed by atoms with Gasteiger partial charge in [-0.2, -0.15) is 5.10 Å². The summed E-state index contributed by atoms with van der Waals surface area (Å²) < 4.78 is 7.70. The van der Waals surface area contributed by atoms with Gasteiger partial charge in [0.25, 0.3) is 0 Å². The van der Waals surface area contributed by atoms with Crippen molar-refractivity contribution >= 4 is 0 Å². The lowest BCUT2D eigenvalue weighted by atomic mass is 10.3. The van der Waals surface area contributed by atoms with E-state index in [4.69, 9.17) is 10.2 Å². The van der Waals surface area contributed by atoms with Crippen LogP contribution in [0.15, 0.2) is 16.7 Å². The summed E-state index contributed by atoms with van der Waals surface area (Å²) in [4.78, 5) is 4.28. The van der Waals surface area contributed by atoms with Gasteiger partial charge >= 0.3 is 0 Å². The maximum Gasteiger partial charge on any atom is 0.195 e. The zero-order valence-corrected chi connectivity index (χ0v) is 11.0. The average molecular weight is 248 g/mol. The third-order valence-electron chi connectivity index (χ3n) is 2.89. The molecule has 5 heteroatoms. The Kier molecular flexibility index (Phi) is 4.15. The maximum atomic E-state index is 5.74. The number of rotatable bonds is 6. The molecule has 0 saturated heterocycles. The molecule has 0 amide bonds. The number of hydrogen-bond acceptors (Lipinski definition) is 4. The first-order valence-corrected chi connectivity index (χ1v) is 6.50. The predicted molar refractivity (Wildman–Crippen MR) is 70.2 cm³/mol. The minimum Gasteiger partial charge on any atom is -0.439 e. The SMILES string of the molecule is CCc1cc(-c2cnc(CCCN)o2)n(CC)n1. The van der Waals surface area contributed by atoms with Gasteiger partial charge in [0.15, 0.2) is 11.7 Å². The molecule has 2 aromatic rings. The van der Waals surface area contributed by atoms with E-state index < -0.39 is 0 Å². The van der Waals surface area contributed by atoms with Crippen molar-refractivity contribution in [1.29, 1.82) is 0 Å². The molecular weight excluding hydrogens is 228 g/mol. The van der Waals surface area contributed by atoms with Crippen LogP contribution in [-0.2, 0) is 19.4 Å². The highest BCUT2D eigenvalue weighted by atomic mass is 16.4. The highest BCUT2D eigenvalue weighted by Crippen LogP contribution is 2.22. The van der Waals surface area contributed by atoms with Gasteiger partial charge in [0, 0.05) is 13.0 Å². The predicted octanol–water partition coefficient (Wildman–Crippen LogP) is 2.01. The Morgan fingerprint density at radius 2 is 2.22 bits per heavy atom. The molecule has 0 aliphatic rings. The van der Waals surface area contributed by atoms with Gasteiger partial charge in [0.05, 0.1) is 11.9 Å². The van der Waals surface area contributed by atoms with Crippen LogP contribution in [0.3, 0.4) is 0 Å². The molecule has 0 atom stereocenters. The Morgan fingerprint density at radius 3 is 2.89 bits per heavy atom. The molecule has 0 unspecified atom stereocenters. The van der Waals surface area contributed by atoms with Crippen LogP contribution in [0.1, 0.15) is 31.9 Å². The lowest BCUT2D eigenvalue weighted by Crippen LogP contribution is -2.00. The second-order valence-corrected chi connectivity index (χ2v) is 4.20. The minimum atomic E-state index is 0.657. The van der Waals surface area contributed by atoms with Crippen LogP contribution in [0.2, 0.25) is 0 Å². The molecule has 98 valence electrons. The Balaban J connectivity index is 2.24. The summed E-state index contributed by atoms with van der Waals surface area (Å²) in [6.07, 6.45) is 4.38. The summed E-state index contributed by atoms with van der Waals surface area (Å²) in [5.74, 6) is 1.54. The van der Waals surface area contributed by atoms with Gasteiger partial charge in [-0.3, -0.25) is 4.68 Å². The van der Waals surface area contributed by atoms with E-state index in [9.17, 15) is 0 Å². The van der Waals surface area contributed by atoms with Crippen molar-refractivity contribution in [3.05, 3.63) is 23.8 Å². The van der Waals surface area contributed by atoms with Gasteiger partial charge in [0.1, 0.15) is 5.69 Å². The smallest absolute Gasteiger partial charge is 0.195 e. The van der Waals surface area contributed by atoms with Crippen LogP contribution in [0, 0.1) is 0 Å². The van der Waals surface area contributed by atoms with E-state index in [1.165, 1.54) is 0 Å². The Hall–Kier alpha value is -1.62. The minimum absolute atomic E-state index is 0.657. The van der Waals surface area contributed by atoms with Crippen molar-refractivity contribution in [2.75, 3.05) is 6.54 Å². The van der Waals surface area contributed by atoms with E-state index >= 15 is 0 Å². The highest BCUT2D eigenvalue weighted by molar-refractivity contribution is 5.52. The van der Waals surface area contributed by atoms with E-state index in [1.54, 1.807) is 6.20 Å². The first-order valence-electron chi connectivity index (χ1n) is 6.50. The molecule has 0 aliphatic heterocycles. The second kappa shape index (κ2) is 5.82. The van der Waals surface area contributed by atoms with Gasteiger partial charge in [-0.15, -0.1) is 0 Å². The molecule has 2 N–H and O–H groups in total. The lowest BCUT2D eigenvalue weighted by molar-refractivity contribution is 0.493. The van der Waals surface area contributed by atoms with Crippen LogP contribution < -0.4 is 5.73 Å². The zero-order valence-electron chi connectivity index (χ0n) is 11.0. The normalized spacial score (nSPS) is 11.1. The van der Waals surface area contributed by atoms with Gasteiger partial charge in [-0.05, 0) is 32.4 Å². The first-order chi connectivity index (χ1) is 8.78. The van der Waals surface area contributed by atoms with Crippen LogP contribution in [0.25, 0.3) is 11.5 Å². The molecule has 2 aromatic heterocycles. The monoisotopic (exact) mass is 248 g/mol. The van der Waals surface area contributed by atoms with Crippen molar-refractivity contribution in [1.82, 2.24) is 14.8 Å². The van der Waals surface area contributed by atoms with Gasteiger partial charge in [0.2, 0.25) is 0 Å². The molecule has 0 aliphatic carbocycles. The molecule has 0 fully saturated rings. The number of aromatic nitrogens is 3. The van der Waals surface area contributed by atoms with E-state index in [-0.39, 0.29) is 0 Å². The lowest BCUT2D eigenvalue weighted by Gasteiger charge is -2.00. The number of nitrogens with zero attached hydrogens (tertiary/aromatic N) is 3. The summed E-state index contributed by atoms with van der Waals surface area (Å²) in [5.41, 5.74) is 7.55. The van der Waals surface area contributed by atoms with Gasteiger partial charge < -0.3 is 10.2 Å². The van der Waals surface area contributed by atoms with Crippen molar-refractivity contribution in [2.45, 2.75) is 39.7 Å².